The van der Waals surface area contributed by atoms with Gasteiger partial charge in [-0.3, -0.25) is 14.5 Å². The van der Waals surface area contributed by atoms with E-state index in [1.165, 1.54) is 29.9 Å². The summed E-state index contributed by atoms with van der Waals surface area (Å²) in [6.07, 6.45) is 28.4. The van der Waals surface area contributed by atoms with Gasteiger partial charge < -0.3 is 35.6 Å². The molecule has 9 atom stereocenters. The average Bonchev–Trinajstić information content (AvgIpc) is 4.11. The third-order valence-electron chi connectivity index (χ3n) is 18.2. The number of rotatable bonds is 11. The molecule has 0 aromatic rings. The number of carbonyl (C=O) groups is 4. The summed E-state index contributed by atoms with van der Waals surface area (Å²) >= 11 is 0. The van der Waals surface area contributed by atoms with E-state index in [2.05, 4.69) is 53.3 Å². The van der Waals surface area contributed by atoms with E-state index >= 15 is 4.79 Å². The van der Waals surface area contributed by atoms with Crippen molar-refractivity contribution in [2.75, 3.05) is 26.2 Å². The van der Waals surface area contributed by atoms with Crippen LogP contribution in [0.3, 0.4) is 0 Å². The van der Waals surface area contributed by atoms with Crippen molar-refractivity contribution in [3.05, 3.63) is 93.3 Å². The van der Waals surface area contributed by atoms with Gasteiger partial charge in [0.15, 0.2) is 0 Å². The summed E-state index contributed by atoms with van der Waals surface area (Å²) in [4.78, 5) is 58.5. The molecule has 2 amide bonds. The number of allylic oxidation sites excluding steroid dienone is 6. The van der Waals surface area contributed by atoms with Crippen molar-refractivity contribution in [2.24, 2.45) is 52.3 Å². The van der Waals surface area contributed by atoms with Crippen molar-refractivity contribution in [1.29, 1.82) is 0 Å². The fraction of sp³-hybridized carbons (Fsp3) is 0.630. The van der Waals surface area contributed by atoms with E-state index in [9.17, 15) is 24.6 Å². The molecule has 0 radical (unpaired) electrons. The number of amides is 2. The fourth-order valence-corrected chi connectivity index (χ4v) is 17.8. The lowest BCUT2D eigenvalue weighted by molar-refractivity contribution is -0.138. The number of cyclic esters (lactones) is 1. The lowest BCUT2D eigenvalue weighted by Gasteiger charge is -2.57. The number of aliphatic hydroxyl groups excluding tert-OH is 2. The van der Waals surface area contributed by atoms with Gasteiger partial charge in [-0.25, -0.2) is 9.59 Å². The van der Waals surface area contributed by atoms with Gasteiger partial charge in [0.25, 0.3) is 11.8 Å². The highest BCUT2D eigenvalue weighted by Crippen LogP contribution is 2.72. The zero-order chi connectivity index (χ0) is 46.9. The number of fused-ring (bicyclic) bond motifs is 6. The predicted octanol–water partition coefficient (Wildman–Crippen LogP) is 7.91. The molecular formula is C54H68N4O8S2. The van der Waals surface area contributed by atoms with Crippen LogP contribution in [0.25, 0.3) is 0 Å². The van der Waals surface area contributed by atoms with Crippen molar-refractivity contribution in [2.45, 2.75) is 133 Å². The predicted molar refractivity (Wildman–Crippen MR) is 262 cm³/mol. The third-order valence-corrected chi connectivity index (χ3v) is 21.1. The normalized spacial score (nSPS) is 37.8. The number of nitrogens with zero attached hydrogens (tertiary/aromatic N) is 1. The van der Waals surface area contributed by atoms with Gasteiger partial charge >= 0.3 is 11.9 Å². The molecule has 13 aliphatic rings. The van der Waals surface area contributed by atoms with E-state index in [0.717, 1.165) is 110 Å². The molecule has 4 fully saturated rings. The van der Waals surface area contributed by atoms with Gasteiger partial charge in [-0.1, -0.05) is 72.4 Å². The summed E-state index contributed by atoms with van der Waals surface area (Å²) in [5.74, 6) is 0.994. The molecule has 1 spiro atoms. The van der Waals surface area contributed by atoms with Gasteiger partial charge in [-0.2, -0.15) is 0 Å². The molecule has 5 N–H and O–H groups in total. The Morgan fingerprint density at radius 2 is 1.75 bits per heavy atom. The summed E-state index contributed by atoms with van der Waals surface area (Å²) < 4.78 is 13.2. The van der Waals surface area contributed by atoms with Crippen LogP contribution < -0.4 is 16.0 Å². The highest BCUT2D eigenvalue weighted by molar-refractivity contribution is 8.77. The Balaban J connectivity index is 1.10. The number of aliphatic hydroxyl groups is 2. The minimum absolute atomic E-state index is 0.000248. The molecule has 0 aromatic heterocycles. The molecule has 68 heavy (non-hydrogen) atoms. The molecule has 9 bridgehead atoms. The van der Waals surface area contributed by atoms with Crippen molar-refractivity contribution in [3.8, 4) is 0 Å². The standard InChI is InChI=1S/C54H68N4O8S2/c1-3-53(22-4-5-23-53)27-40-38-13-12-36-35-20-24-54(47(36)46(38)51(63)65-40)41-16-14-33(32-10-8-31(9-11-32)7-6-26-59)50(56-28-30(2)60)68-67-42-17-15-37-34(21-25-55-49(37)57-42)39(45(35)48(54)52(64)66-41)29-58-43(61)18-19-44(58)62/h15-19,21,27,30-33,35-36,39,42,47,50,55-57,59-60H,3-14,20,22-26,28-29H2,1-2H3/b40-27-,41-16+/t30-,31?,32?,33-,35-,36-,39-,42+,47+,50-,54-/m0/s1. The molecule has 0 unspecified atom stereocenters. The summed E-state index contributed by atoms with van der Waals surface area (Å²) in [5.41, 5.74) is 4.28. The second-order valence-corrected chi connectivity index (χ2v) is 24.2. The Labute approximate surface area is 408 Å². The van der Waals surface area contributed by atoms with Crippen molar-refractivity contribution in [1.82, 2.24) is 20.9 Å². The minimum atomic E-state index is -0.947. The van der Waals surface area contributed by atoms with Crippen LogP contribution in [0.2, 0.25) is 0 Å². The molecule has 14 heteroatoms. The van der Waals surface area contributed by atoms with E-state index < -0.39 is 17.4 Å². The van der Waals surface area contributed by atoms with Crippen LogP contribution in [0.1, 0.15) is 117 Å². The number of carbonyl (C=O) groups excluding carboxylic acids is 4. The number of esters is 2. The highest BCUT2D eigenvalue weighted by Gasteiger charge is 2.69. The average molecular weight is 965 g/mol. The second-order valence-electron chi connectivity index (χ2n) is 21.6. The first-order valence-electron chi connectivity index (χ1n) is 25.9. The molecule has 3 saturated carbocycles. The van der Waals surface area contributed by atoms with E-state index in [1.54, 1.807) is 21.6 Å². The number of nitrogens with one attached hydrogen (secondary N) is 3. The first-order chi connectivity index (χ1) is 33.0. The van der Waals surface area contributed by atoms with E-state index in [4.69, 9.17) is 9.47 Å². The van der Waals surface area contributed by atoms with Gasteiger partial charge in [-0.15, -0.1) is 0 Å². The van der Waals surface area contributed by atoms with E-state index in [0.29, 0.717) is 55.5 Å². The van der Waals surface area contributed by atoms with Gasteiger partial charge in [-0.05, 0) is 142 Å². The summed E-state index contributed by atoms with van der Waals surface area (Å²) in [7, 11) is 3.55. The lowest BCUT2D eigenvalue weighted by Crippen LogP contribution is -2.54. The van der Waals surface area contributed by atoms with Crippen LogP contribution in [-0.4, -0.2) is 82.0 Å². The molecule has 1 saturated heterocycles. The minimum Gasteiger partial charge on any atom is -0.427 e. The first kappa shape index (κ1) is 46.6. The van der Waals surface area contributed by atoms with Crippen molar-refractivity contribution >= 4 is 45.3 Å². The van der Waals surface area contributed by atoms with Crippen molar-refractivity contribution in [3.63, 3.8) is 0 Å². The topological polar surface area (TPSA) is 167 Å². The maximum Gasteiger partial charge on any atom is 0.340 e. The van der Waals surface area contributed by atoms with Crippen LogP contribution in [-0.2, 0) is 28.7 Å². The molecule has 7 heterocycles. The number of hydrogen-bond donors (Lipinski definition) is 5. The smallest absolute Gasteiger partial charge is 0.340 e. The molecule has 6 aliphatic carbocycles. The molecule has 7 aliphatic heterocycles. The Kier molecular flexibility index (Phi) is 12.8. The Morgan fingerprint density at radius 1 is 0.956 bits per heavy atom. The SMILES string of the molecule is CCC1(/C=C2\OC(=O)C3=C2CC[C@H]2[C@@H]4CC[C@@]5(C6=C4[C@@H](CN4C(=O)C=CC4=O)C4=CCNC7=C4C=C[C@H](N7)SS[C@H](NC[C@H](C)O)[C@H](C4CCC(CCCO)CC4)C/C=C\5OC6=O)[C@@H]32)CCCC1. The fourth-order valence-electron chi connectivity index (χ4n) is 14.9. The van der Waals surface area contributed by atoms with Crippen LogP contribution in [0.15, 0.2) is 93.3 Å². The van der Waals surface area contributed by atoms with Gasteiger partial charge in [0, 0.05) is 66.9 Å². The molecule has 0 aromatic carbocycles. The number of ether oxygens (including phenoxy) is 2. The number of imide groups is 1. The van der Waals surface area contributed by atoms with Gasteiger partial charge in [0.05, 0.1) is 22.5 Å². The second kappa shape index (κ2) is 18.7. The Bertz CT molecular complexity index is 2360. The lowest BCUT2D eigenvalue weighted by atomic mass is 9.43. The van der Waals surface area contributed by atoms with Crippen LogP contribution in [0.4, 0.5) is 0 Å². The molecule has 12 nitrogen and oxygen atoms in total. The van der Waals surface area contributed by atoms with Crippen molar-refractivity contribution < 1.29 is 38.9 Å². The van der Waals surface area contributed by atoms with Gasteiger partial charge in [0.2, 0.25) is 0 Å². The molecule has 13 rings (SSSR count). The Morgan fingerprint density at radius 3 is 2.50 bits per heavy atom. The largest absolute Gasteiger partial charge is 0.427 e. The van der Waals surface area contributed by atoms with Gasteiger partial charge in [0.1, 0.15) is 22.7 Å². The first-order valence-corrected chi connectivity index (χ1v) is 28.2. The highest BCUT2D eigenvalue weighted by atomic mass is 33.1. The molecular weight excluding hydrogens is 897 g/mol. The maximum atomic E-state index is 15.4. The summed E-state index contributed by atoms with van der Waals surface area (Å²) in [5, 5.41) is 31.4. The Hall–Kier alpha value is -3.82. The maximum absolute atomic E-state index is 15.4. The quantitative estimate of drug-likeness (QED) is 0.0772. The zero-order valence-corrected chi connectivity index (χ0v) is 41.2. The van der Waals surface area contributed by atoms with E-state index in [-0.39, 0.29) is 76.7 Å². The summed E-state index contributed by atoms with van der Waals surface area (Å²) in [6, 6.07) is 0. The van der Waals surface area contributed by atoms with Crippen LogP contribution >= 0.6 is 21.6 Å². The summed E-state index contributed by atoms with van der Waals surface area (Å²) in [6.45, 7) is 5.32. The number of hydrogen-bond acceptors (Lipinski definition) is 13. The molecule has 364 valence electrons. The van der Waals surface area contributed by atoms with Crippen LogP contribution in [0.5, 0.6) is 0 Å². The monoisotopic (exact) mass is 964 g/mol. The zero-order valence-electron chi connectivity index (χ0n) is 39.6. The number of dihydropyridines is 2. The third kappa shape index (κ3) is 7.94. The van der Waals surface area contributed by atoms with Crippen LogP contribution in [0, 0.1) is 52.3 Å². The van der Waals surface area contributed by atoms with E-state index in [1.807, 2.05) is 6.92 Å².